The van der Waals surface area contributed by atoms with Gasteiger partial charge in [-0.3, -0.25) is 4.68 Å². The Labute approximate surface area is 84.9 Å². The zero-order chi connectivity index (χ0) is 10.6. The Bertz CT molecular complexity index is 270. The summed E-state index contributed by atoms with van der Waals surface area (Å²) in [6.07, 6.45) is 4.41. The molecule has 0 aliphatic rings. The first-order chi connectivity index (χ1) is 6.59. The summed E-state index contributed by atoms with van der Waals surface area (Å²) >= 11 is 0. The van der Waals surface area contributed by atoms with Crippen molar-refractivity contribution in [3.63, 3.8) is 0 Å². The van der Waals surface area contributed by atoms with Crippen LogP contribution < -0.4 is 5.32 Å². The summed E-state index contributed by atoms with van der Waals surface area (Å²) in [6, 6.07) is 0.294. The third-order valence-corrected chi connectivity index (χ3v) is 2.24. The van der Waals surface area contributed by atoms with Crippen molar-refractivity contribution in [2.45, 2.75) is 32.4 Å². The highest BCUT2D eigenvalue weighted by molar-refractivity contribution is 5.08. The number of nitrogens with zero attached hydrogens (tertiary/aromatic N) is 2. The molecule has 80 valence electrons. The number of aliphatic hydroxyl groups is 1. The Balaban J connectivity index is 2.32. The zero-order valence-electron chi connectivity index (χ0n) is 9.07. The molecule has 4 heteroatoms. The van der Waals surface area contributed by atoms with Crippen LogP contribution in [0, 0.1) is 0 Å². The van der Waals surface area contributed by atoms with Gasteiger partial charge in [-0.1, -0.05) is 0 Å². The number of rotatable bonds is 5. The van der Waals surface area contributed by atoms with Crippen LogP contribution in [0.1, 0.15) is 31.9 Å². The van der Waals surface area contributed by atoms with Crippen LogP contribution in [0.3, 0.4) is 0 Å². The first-order valence-electron chi connectivity index (χ1n) is 4.99. The van der Waals surface area contributed by atoms with Gasteiger partial charge in [0.25, 0.3) is 0 Å². The molecule has 14 heavy (non-hydrogen) atoms. The molecular weight excluding hydrogens is 178 g/mol. The zero-order valence-corrected chi connectivity index (χ0v) is 9.07. The van der Waals surface area contributed by atoms with E-state index in [2.05, 4.69) is 17.3 Å². The average molecular weight is 197 g/mol. The molecule has 0 fully saturated rings. The van der Waals surface area contributed by atoms with Gasteiger partial charge in [0, 0.05) is 24.8 Å². The van der Waals surface area contributed by atoms with Crippen LogP contribution >= 0.6 is 0 Å². The molecule has 0 unspecified atom stereocenters. The predicted molar refractivity (Wildman–Crippen MR) is 55.9 cm³/mol. The van der Waals surface area contributed by atoms with E-state index in [1.807, 2.05) is 19.4 Å². The fraction of sp³-hybridized carbons (Fsp3) is 0.700. The number of hydrogen-bond acceptors (Lipinski definition) is 3. The van der Waals surface area contributed by atoms with E-state index in [1.54, 1.807) is 11.6 Å². The topological polar surface area (TPSA) is 50.1 Å². The fourth-order valence-corrected chi connectivity index (χ4v) is 1.29. The summed E-state index contributed by atoms with van der Waals surface area (Å²) in [5.74, 6) is 0. The molecule has 0 bridgehead atoms. The molecule has 0 spiro atoms. The highest BCUT2D eigenvalue weighted by atomic mass is 16.3. The minimum absolute atomic E-state index is 0.233. The van der Waals surface area contributed by atoms with E-state index in [4.69, 9.17) is 5.11 Å². The van der Waals surface area contributed by atoms with E-state index >= 15 is 0 Å². The third kappa shape index (κ3) is 3.47. The van der Waals surface area contributed by atoms with Crippen molar-refractivity contribution in [1.29, 1.82) is 0 Å². The number of nitrogens with one attached hydrogen (secondary N) is 1. The maximum Gasteiger partial charge on any atom is 0.0537 e. The fourth-order valence-electron chi connectivity index (χ4n) is 1.29. The van der Waals surface area contributed by atoms with Crippen molar-refractivity contribution in [2.24, 2.45) is 7.05 Å². The molecule has 0 radical (unpaired) electrons. The largest absolute Gasteiger partial charge is 0.393 e. The van der Waals surface area contributed by atoms with Crippen LogP contribution in [0.25, 0.3) is 0 Å². The van der Waals surface area contributed by atoms with Gasteiger partial charge >= 0.3 is 0 Å². The minimum Gasteiger partial charge on any atom is -0.393 e. The van der Waals surface area contributed by atoms with Crippen molar-refractivity contribution >= 4 is 0 Å². The molecule has 1 aromatic rings. The summed E-state index contributed by atoms with van der Waals surface area (Å²) in [4.78, 5) is 0. The quantitative estimate of drug-likeness (QED) is 0.735. The summed E-state index contributed by atoms with van der Waals surface area (Å²) in [5.41, 5.74) is 1.18. The molecule has 4 nitrogen and oxygen atoms in total. The molecule has 2 N–H and O–H groups in total. The number of aryl methyl sites for hydroxylation is 1. The highest BCUT2D eigenvalue weighted by Gasteiger charge is 2.06. The Morgan fingerprint density at radius 3 is 2.79 bits per heavy atom. The van der Waals surface area contributed by atoms with Crippen molar-refractivity contribution < 1.29 is 5.11 Å². The van der Waals surface area contributed by atoms with Gasteiger partial charge in [0.2, 0.25) is 0 Å². The Kier molecular flexibility index (Phi) is 4.10. The van der Waals surface area contributed by atoms with Gasteiger partial charge in [0.05, 0.1) is 12.3 Å². The molecule has 0 aromatic carbocycles. The summed E-state index contributed by atoms with van der Waals surface area (Å²) in [5, 5.41) is 16.5. The van der Waals surface area contributed by atoms with Crippen LogP contribution in [0.5, 0.6) is 0 Å². The van der Waals surface area contributed by atoms with Crippen molar-refractivity contribution in [3.8, 4) is 0 Å². The maximum absolute atomic E-state index is 9.08. The summed E-state index contributed by atoms with van der Waals surface area (Å²) in [7, 11) is 1.91. The Morgan fingerprint density at radius 2 is 2.29 bits per heavy atom. The third-order valence-electron chi connectivity index (χ3n) is 2.24. The molecule has 2 atom stereocenters. The van der Waals surface area contributed by atoms with Gasteiger partial charge < -0.3 is 10.4 Å². The minimum atomic E-state index is -0.233. The summed E-state index contributed by atoms with van der Waals surface area (Å²) < 4.78 is 1.79. The first-order valence-corrected chi connectivity index (χ1v) is 4.99. The second-order valence-corrected chi connectivity index (χ2v) is 3.76. The Hall–Kier alpha value is -0.870. The standard InChI is InChI=1S/C10H19N3O/c1-8(14)4-5-11-9(2)10-6-12-13(3)7-10/h6-9,11,14H,4-5H2,1-3H3/t8-,9+/m0/s1. The van der Waals surface area contributed by atoms with E-state index in [9.17, 15) is 0 Å². The van der Waals surface area contributed by atoms with Crippen molar-refractivity contribution in [2.75, 3.05) is 6.54 Å². The van der Waals surface area contributed by atoms with Gasteiger partial charge in [0.15, 0.2) is 0 Å². The van der Waals surface area contributed by atoms with Crippen LogP contribution in [0.2, 0.25) is 0 Å². The van der Waals surface area contributed by atoms with E-state index in [-0.39, 0.29) is 6.10 Å². The van der Waals surface area contributed by atoms with Crippen LogP contribution in [0.4, 0.5) is 0 Å². The monoisotopic (exact) mass is 197 g/mol. The second kappa shape index (κ2) is 5.12. The molecular formula is C10H19N3O. The van der Waals surface area contributed by atoms with Gasteiger partial charge in [-0.2, -0.15) is 5.10 Å². The van der Waals surface area contributed by atoms with E-state index in [0.29, 0.717) is 6.04 Å². The molecule has 0 aliphatic heterocycles. The lowest BCUT2D eigenvalue weighted by Gasteiger charge is -2.12. The number of aliphatic hydroxyl groups excluding tert-OH is 1. The molecule has 1 aromatic heterocycles. The van der Waals surface area contributed by atoms with Crippen LogP contribution in [-0.2, 0) is 7.05 Å². The number of aromatic nitrogens is 2. The SMILES string of the molecule is C[C@H](O)CCN[C@H](C)c1cnn(C)c1. The molecule has 1 heterocycles. The lowest BCUT2D eigenvalue weighted by Crippen LogP contribution is -2.22. The maximum atomic E-state index is 9.08. The van der Waals surface area contributed by atoms with Crippen LogP contribution in [0.15, 0.2) is 12.4 Å². The Morgan fingerprint density at radius 1 is 1.57 bits per heavy atom. The molecule has 0 amide bonds. The molecule has 0 saturated carbocycles. The van der Waals surface area contributed by atoms with Gasteiger partial charge in [-0.05, 0) is 26.8 Å². The normalized spacial score (nSPS) is 15.4. The second-order valence-electron chi connectivity index (χ2n) is 3.76. The van der Waals surface area contributed by atoms with Crippen molar-refractivity contribution in [1.82, 2.24) is 15.1 Å². The van der Waals surface area contributed by atoms with Gasteiger partial charge in [-0.15, -0.1) is 0 Å². The molecule has 1 rings (SSSR count). The lowest BCUT2D eigenvalue weighted by atomic mass is 10.2. The summed E-state index contributed by atoms with van der Waals surface area (Å²) in [6.45, 7) is 4.73. The highest BCUT2D eigenvalue weighted by Crippen LogP contribution is 2.09. The van der Waals surface area contributed by atoms with E-state index in [0.717, 1.165) is 13.0 Å². The van der Waals surface area contributed by atoms with Gasteiger partial charge in [0.1, 0.15) is 0 Å². The lowest BCUT2D eigenvalue weighted by molar-refractivity contribution is 0.182. The average Bonchev–Trinajstić information content (AvgIpc) is 2.51. The first kappa shape index (κ1) is 11.2. The van der Waals surface area contributed by atoms with E-state index in [1.165, 1.54) is 5.56 Å². The van der Waals surface area contributed by atoms with Crippen molar-refractivity contribution in [3.05, 3.63) is 18.0 Å². The molecule has 0 saturated heterocycles. The van der Waals surface area contributed by atoms with Crippen LogP contribution in [-0.4, -0.2) is 27.5 Å². The van der Waals surface area contributed by atoms with Gasteiger partial charge in [-0.25, -0.2) is 0 Å². The number of hydrogen-bond donors (Lipinski definition) is 2. The van der Waals surface area contributed by atoms with E-state index < -0.39 is 0 Å². The molecule has 0 aliphatic carbocycles. The smallest absolute Gasteiger partial charge is 0.0537 e. The predicted octanol–water partition coefficient (Wildman–Crippen LogP) is 0.842.